The molecule has 16 heavy (non-hydrogen) atoms. The predicted molar refractivity (Wildman–Crippen MR) is 36.5 cm³/mol. The number of carbonyl (C=O) groups is 1. The minimum atomic E-state index is -5.18. The van der Waals surface area contributed by atoms with E-state index in [9.17, 15) is 31.1 Å². The number of carbonyl (C=O) groups excluding carboxylic acids is 1. The van der Waals surface area contributed by atoms with E-state index in [1.54, 1.807) is 0 Å². The molecule has 1 aromatic heterocycles. The normalized spacial score (nSPS) is 12.9. The van der Waals surface area contributed by atoms with Gasteiger partial charge < -0.3 is 0 Å². The van der Waals surface area contributed by atoms with Gasteiger partial charge in [0.25, 0.3) is 5.78 Å². The first-order valence-corrected chi connectivity index (χ1v) is 3.68. The molecule has 0 bridgehead atoms. The molecule has 0 aliphatic heterocycles. The summed E-state index contributed by atoms with van der Waals surface area (Å²) >= 11 is 0. The lowest BCUT2D eigenvalue weighted by atomic mass is 10.3. The van der Waals surface area contributed by atoms with Gasteiger partial charge in [0.15, 0.2) is 5.69 Å². The van der Waals surface area contributed by atoms with Crippen LogP contribution in [0.4, 0.5) is 26.3 Å². The van der Waals surface area contributed by atoms with Crippen molar-refractivity contribution in [1.82, 2.24) is 15.0 Å². The Morgan fingerprint density at radius 3 is 2.25 bits per heavy atom. The van der Waals surface area contributed by atoms with Gasteiger partial charge in [-0.2, -0.15) is 26.3 Å². The summed E-state index contributed by atoms with van der Waals surface area (Å²) in [6.07, 6.45) is -9.53. The summed E-state index contributed by atoms with van der Waals surface area (Å²) in [7, 11) is 0. The molecular formula is C6H3F6N3O. The van der Waals surface area contributed by atoms with Gasteiger partial charge in [0.05, 0.1) is 6.20 Å². The number of rotatable bonds is 2. The first-order valence-electron chi connectivity index (χ1n) is 3.68. The molecule has 4 nitrogen and oxygen atoms in total. The third-order valence-corrected chi connectivity index (χ3v) is 1.37. The Bertz CT molecular complexity index is 392. The second-order valence-electron chi connectivity index (χ2n) is 2.74. The van der Waals surface area contributed by atoms with Crippen LogP contribution >= 0.6 is 0 Å². The Morgan fingerprint density at radius 1 is 1.25 bits per heavy atom. The molecule has 0 aliphatic carbocycles. The number of alkyl halides is 6. The zero-order chi connectivity index (χ0) is 12.6. The largest absolute Gasteiger partial charge is 0.456 e. The topological polar surface area (TPSA) is 47.8 Å². The van der Waals surface area contributed by atoms with Crippen molar-refractivity contribution in [2.75, 3.05) is 0 Å². The molecule has 0 saturated carbocycles. The van der Waals surface area contributed by atoms with Crippen LogP contribution in [0.3, 0.4) is 0 Å². The van der Waals surface area contributed by atoms with Crippen LogP contribution in [0.2, 0.25) is 0 Å². The van der Waals surface area contributed by atoms with Gasteiger partial charge in [0.2, 0.25) is 0 Å². The van der Waals surface area contributed by atoms with Crippen molar-refractivity contribution in [2.24, 2.45) is 0 Å². The van der Waals surface area contributed by atoms with Crippen molar-refractivity contribution in [3.05, 3.63) is 11.9 Å². The smallest absolute Gasteiger partial charge is 0.282 e. The molecule has 0 aliphatic rings. The van der Waals surface area contributed by atoms with E-state index in [1.807, 2.05) is 0 Å². The van der Waals surface area contributed by atoms with Crippen molar-refractivity contribution in [1.29, 1.82) is 0 Å². The number of nitrogens with zero attached hydrogens (tertiary/aromatic N) is 3. The molecule has 0 unspecified atom stereocenters. The highest BCUT2D eigenvalue weighted by atomic mass is 19.4. The zero-order valence-corrected chi connectivity index (χ0v) is 7.30. The maximum Gasteiger partial charge on any atom is 0.456 e. The third kappa shape index (κ3) is 3.21. The molecule has 10 heteroatoms. The predicted octanol–water partition coefficient (Wildman–Crippen LogP) is 1.59. The first kappa shape index (κ1) is 12.5. The number of aromatic nitrogens is 3. The number of ketones is 1. The average Bonchev–Trinajstić information content (AvgIpc) is 2.46. The summed E-state index contributed by atoms with van der Waals surface area (Å²) in [5.74, 6) is -2.33. The standard InChI is InChI=1S/C6H3F6N3O/c7-5(8,9)2-15-1-3(13-14-15)4(16)6(10,11)12/h1H,2H2. The average molecular weight is 247 g/mol. The van der Waals surface area contributed by atoms with Crippen molar-refractivity contribution in [3.8, 4) is 0 Å². The van der Waals surface area contributed by atoms with E-state index >= 15 is 0 Å². The van der Waals surface area contributed by atoms with Crippen LogP contribution in [-0.2, 0) is 6.54 Å². The lowest BCUT2D eigenvalue weighted by Crippen LogP contribution is -2.23. The summed E-state index contributed by atoms with van der Waals surface area (Å²) < 4.78 is 71.0. The highest BCUT2D eigenvalue weighted by Crippen LogP contribution is 2.21. The van der Waals surface area contributed by atoms with Crippen molar-refractivity contribution >= 4 is 5.78 Å². The van der Waals surface area contributed by atoms with E-state index in [2.05, 4.69) is 10.3 Å². The van der Waals surface area contributed by atoms with E-state index < -0.39 is 30.4 Å². The molecule has 0 N–H and O–H groups in total. The summed E-state index contributed by atoms with van der Waals surface area (Å²) in [5.41, 5.74) is -1.17. The van der Waals surface area contributed by atoms with Gasteiger partial charge in [-0.25, -0.2) is 4.68 Å². The Kier molecular flexibility index (Phi) is 2.93. The highest BCUT2D eigenvalue weighted by molar-refractivity contribution is 5.98. The number of hydrogen-bond acceptors (Lipinski definition) is 3. The number of hydrogen-bond donors (Lipinski definition) is 0. The quantitative estimate of drug-likeness (QED) is 0.588. The second-order valence-corrected chi connectivity index (χ2v) is 2.74. The van der Waals surface area contributed by atoms with Crippen LogP contribution in [0.5, 0.6) is 0 Å². The lowest BCUT2D eigenvalue weighted by molar-refractivity contribution is -0.142. The minimum Gasteiger partial charge on any atom is -0.282 e. The number of halogens is 6. The maximum absolute atomic E-state index is 11.8. The van der Waals surface area contributed by atoms with Crippen LogP contribution < -0.4 is 0 Å². The van der Waals surface area contributed by atoms with Crippen molar-refractivity contribution in [2.45, 2.75) is 18.9 Å². The van der Waals surface area contributed by atoms with E-state index in [0.717, 1.165) is 0 Å². The zero-order valence-electron chi connectivity index (χ0n) is 7.30. The molecule has 1 heterocycles. The van der Waals surface area contributed by atoms with Crippen LogP contribution in [0.15, 0.2) is 6.20 Å². The van der Waals surface area contributed by atoms with Crippen LogP contribution in [0.25, 0.3) is 0 Å². The second kappa shape index (κ2) is 3.76. The molecule has 0 aromatic carbocycles. The molecule has 0 atom stereocenters. The first-order chi connectivity index (χ1) is 7.09. The van der Waals surface area contributed by atoms with Gasteiger partial charge in [-0.1, -0.05) is 5.21 Å². The molecule has 0 saturated heterocycles. The fraction of sp³-hybridized carbons (Fsp3) is 0.500. The molecule has 1 rings (SSSR count). The fourth-order valence-corrected chi connectivity index (χ4v) is 0.809. The fourth-order valence-electron chi connectivity index (χ4n) is 0.809. The highest BCUT2D eigenvalue weighted by Gasteiger charge is 2.41. The Morgan fingerprint density at radius 2 is 1.81 bits per heavy atom. The lowest BCUT2D eigenvalue weighted by Gasteiger charge is -2.04. The van der Waals surface area contributed by atoms with E-state index in [-0.39, 0.29) is 4.68 Å². The molecular weight excluding hydrogens is 244 g/mol. The van der Waals surface area contributed by atoms with Gasteiger partial charge in [0.1, 0.15) is 6.54 Å². The molecule has 0 spiro atoms. The summed E-state index contributed by atoms with van der Waals surface area (Å²) in [5, 5.41) is 5.47. The minimum absolute atomic E-state index is 0.110. The Labute approximate surface area is 83.8 Å². The summed E-state index contributed by atoms with van der Waals surface area (Å²) in [6, 6.07) is 0. The van der Waals surface area contributed by atoms with E-state index in [0.29, 0.717) is 6.20 Å². The van der Waals surface area contributed by atoms with Crippen LogP contribution in [0.1, 0.15) is 10.5 Å². The molecule has 0 fully saturated rings. The van der Waals surface area contributed by atoms with Gasteiger partial charge in [-0.3, -0.25) is 4.79 Å². The summed E-state index contributed by atoms with van der Waals surface area (Å²) in [4.78, 5) is 10.5. The molecule has 90 valence electrons. The molecule has 0 radical (unpaired) electrons. The monoisotopic (exact) mass is 247 g/mol. The van der Waals surface area contributed by atoms with Gasteiger partial charge >= 0.3 is 12.4 Å². The van der Waals surface area contributed by atoms with E-state index in [4.69, 9.17) is 0 Å². The molecule has 1 aromatic rings. The van der Waals surface area contributed by atoms with Crippen molar-refractivity contribution < 1.29 is 31.1 Å². The maximum atomic E-state index is 11.8. The molecule has 0 amide bonds. The van der Waals surface area contributed by atoms with Gasteiger partial charge in [-0.05, 0) is 0 Å². The third-order valence-electron chi connectivity index (χ3n) is 1.37. The van der Waals surface area contributed by atoms with Crippen molar-refractivity contribution in [3.63, 3.8) is 0 Å². The van der Waals surface area contributed by atoms with E-state index in [1.165, 1.54) is 0 Å². The SMILES string of the molecule is O=C(c1cn(CC(F)(F)F)nn1)C(F)(F)F. The Hall–Kier alpha value is -1.61. The van der Waals surface area contributed by atoms with Crippen LogP contribution in [-0.4, -0.2) is 33.1 Å². The van der Waals surface area contributed by atoms with Gasteiger partial charge in [0, 0.05) is 0 Å². The number of Topliss-reactive ketones (excluding diaryl/α,β-unsaturated/α-hetero) is 1. The summed E-state index contributed by atoms with van der Waals surface area (Å²) in [6.45, 7) is -1.61. The van der Waals surface area contributed by atoms with Crippen LogP contribution in [0, 0.1) is 0 Å². The Balaban J connectivity index is 2.84. The van der Waals surface area contributed by atoms with Gasteiger partial charge in [-0.15, -0.1) is 5.10 Å².